The molecule has 6 heteroatoms. The first-order valence-electron chi connectivity index (χ1n) is 5.98. The van der Waals surface area contributed by atoms with Crippen molar-refractivity contribution in [3.63, 3.8) is 0 Å². The van der Waals surface area contributed by atoms with Crippen LogP contribution in [0.1, 0.15) is 16.1 Å². The third-order valence-corrected chi connectivity index (χ3v) is 3.03. The normalized spacial score (nSPS) is 10.8. The smallest absolute Gasteiger partial charge is 0.354 e. The molecule has 100 valence electrons. The zero-order valence-electron chi connectivity index (χ0n) is 10.6. The fourth-order valence-electron chi connectivity index (χ4n) is 1.98. The molecule has 0 amide bonds. The van der Waals surface area contributed by atoms with E-state index >= 15 is 0 Å². The van der Waals surface area contributed by atoms with E-state index in [0.717, 1.165) is 17.2 Å². The van der Waals surface area contributed by atoms with Gasteiger partial charge in [-0.1, -0.05) is 29.8 Å². The molecule has 0 unspecified atom stereocenters. The van der Waals surface area contributed by atoms with Crippen LogP contribution in [-0.4, -0.2) is 25.7 Å². The maximum absolute atomic E-state index is 11.8. The average Bonchev–Trinajstić information content (AvgIpc) is 2.84. The lowest BCUT2D eigenvalue weighted by Crippen LogP contribution is -2.17. The summed E-state index contributed by atoms with van der Waals surface area (Å²) in [6.45, 7) is 1.99. The molecule has 0 aliphatic rings. The number of H-pyrrole nitrogens is 1. The molecule has 0 saturated heterocycles. The van der Waals surface area contributed by atoms with E-state index in [2.05, 4.69) is 10.1 Å². The van der Waals surface area contributed by atoms with Crippen LogP contribution >= 0.6 is 0 Å². The van der Waals surface area contributed by atoms with Crippen LogP contribution in [0.15, 0.2) is 41.2 Å². The van der Waals surface area contributed by atoms with Crippen molar-refractivity contribution < 1.29 is 9.90 Å². The van der Waals surface area contributed by atoms with E-state index in [0.29, 0.717) is 5.69 Å². The maximum Gasteiger partial charge on any atom is 0.354 e. The number of hydrogen-bond acceptors (Lipinski definition) is 3. The number of carbonyl (C=O) groups is 1. The summed E-state index contributed by atoms with van der Waals surface area (Å²) in [7, 11) is 0. The number of aromatic amines is 1. The summed E-state index contributed by atoms with van der Waals surface area (Å²) >= 11 is 0. The van der Waals surface area contributed by atoms with Gasteiger partial charge in [-0.15, -0.1) is 0 Å². The number of aromatic carboxylic acids is 1. The van der Waals surface area contributed by atoms with Crippen molar-refractivity contribution in [1.29, 1.82) is 0 Å². The van der Waals surface area contributed by atoms with Gasteiger partial charge in [0.2, 0.25) is 0 Å². The number of carboxylic acids is 1. The van der Waals surface area contributed by atoms with Gasteiger partial charge in [0.25, 0.3) is 5.56 Å². The number of nitrogens with zero attached hydrogens (tertiary/aromatic N) is 2. The highest BCUT2D eigenvalue weighted by molar-refractivity contribution is 5.85. The molecule has 0 fully saturated rings. The van der Waals surface area contributed by atoms with Gasteiger partial charge < -0.3 is 5.11 Å². The summed E-state index contributed by atoms with van der Waals surface area (Å²) < 4.78 is 1.22. The van der Waals surface area contributed by atoms with Gasteiger partial charge in [-0.3, -0.25) is 9.89 Å². The van der Waals surface area contributed by atoms with Crippen LogP contribution in [0.2, 0.25) is 0 Å². The first-order chi connectivity index (χ1) is 9.54. The van der Waals surface area contributed by atoms with Gasteiger partial charge in [-0.2, -0.15) is 0 Å². The molecule has 0 spiro atoms. The van der Waals surface area contributed by atoms with E-state index in [4.69, 9.17) is 5.11 Å². The number of benzene rings is 1. The molecular formula is C14H11N3O3. The number of aromatic nitrogens is 3. The van der Waals surface area contributed by atoms with Crippen LogP contribution in [0, 0.1) is 6.92 Å². The first-order valence-corrected chi connectivity index (χ1v) is 5.98. The second-order valence-electron chi connectivity index (χ2n) is 4.51. The topological polar surface area (TPSA) is 87.5 Å². The zero-order valence-corrected chi connectivity index (χ0v) is 10.6. The van der Waals surface area contributed by atoms with E-state index in [-0.39, 0.29) is 11.3 Å². The third kappa shape index (κ3) is 1.97. The summed E-state index contributed by atoms with van der Waals surface area (Å²) in [6, 6.07) is 10.4. The van der Waals surface area contributed by atoms with Gasteiger partial charge in [-0.25, -0.2) is 14.3 Å². The number of aryl methyl sites for hydroxylation is 1. The first kappa shape index (κ1) is 12.2. The third-order valence-electron chi connectivity index (χ3n) is 3.03. The molecule has 0 bridgehead atoms. The quantitative estimate of drug-likeness (QED) is 0.741. The van der Waals surface area contributed by atoms with Gasteiger partial charge in [0, 0.05) is 12.1 Å². The van der Waals surface area contributed by atoms with Crippen molar-refractivity contribution in [3.05, 3.63) is 58.0 Å². The second-order valence-corrected chi connectivity index (χ2v) is 4.51. The molecule has 2 heterocycles. The van der Waals surface area contributed by atoms with Gasteiger partial charge in [0.15, 0.2) is 11.3 Å². The molecule has 0 radical (unpaired) electrons. The fraction of sp³-hybridized carbons (Fsp3) is 0.0714. The molecule has 2 N–H and O–H groups in total. The number of nitrogens with one attached hydrogen (secondary N) is 1. The monoisotopic (exact) mass is 269 g/mol. The Bertz CT molecular complexity index is 859. The summed E-state index contributed by atoms with van der Waals surface area (Å²) in [5, 5.41) is 11.8. The molecule has 6 nitrogen and oxygen atoms in total. The minimum atomic E-state index is -1.22. The Morgan fingerprint density at radius 2 is 1.95 bits per heavy atom. The lowest BCUT2D eigenvalue weighted by Gasteiger charge is -1.97. The van der Waals surface area contributed by atoms with Crippen molar-refractivity contribution in [2.75, 3.05) is 0 Å². The predicted molar refractivity (Wildman–Crippen MR) is 72.9 cm³/mol. The van der Waals surface area contributed by atoms with Gasteiger partial charge in [-0.05, 0) is 12.5 Å². The highest BCUT2D eigenvalue weighted by Gasteiger charge is 2.11. The maximum atomic E-state index is 11.8. The molecule has 0 saturated carbocycles. The van der Waals surface area contributed by atoms with Crippen molar-refractivity contribution >= 4 is 11.6 Å². The fourth-order valence-corrected chi connectivity index (χ4v) is 1.98. The summed E-state index contributed by atoms with van der Waals surface area (Å²) in [4.78, 5) is 26.7. The minimum Gasteiger partial charge on any atom is -0.477 e. The van der Waals surface area contributed by atoms with E-state index in [1.165, 1.54) is 4.52 Å². The molecule has 1 aromatic carbocycles. The predicted octanol–water partition coefficient (Wildman–Crippen LogP) is 1.70. The van der Waals surface area contributed by atoms with Crippen LogP contribution in [0.5, 0.6) is 0 Å². The zero-order chi connectivity index (χ0) is 14.3. The Kier molecular flexibility index (Phi) is 2.64. The highest BCUT2D eigenvalue weighted by Crippen LogP contribution is 2.18. The molecule has 0 aliphatic heterocycles. The van der Waals surface area contributed by atoms with Crippen LogP contribution in [0.3, 0.4) is 0 Å². The van der Waals surface area contributed by atoms with Crippen molar-refractivity contribution in [2.24, 2.45) is 0 Å². The Labute approximate surface area is 113 Å². The van der Waals surface area contributed by atoms with Crippen molar-refractivity contribution in [3.8, 4) is 11.3 Å². The SMILES string of the molecule is Cc1ccc(-c2cc3nc(C(=O)O)cc(=O)n3[nH]2)cc1. The molecular weight excluding hydrogens is 258 g/mol. The van der Waals surface area contributed by atoms with Gasteiger partial charge in [0.05, 0.1) is 5.69 Å². The van der Waals surface area contributed by atoms with Crippen LogP contribution in [-0.2, 0) is 0 Å². The lowest BCUT2D eigenvalue weighted by atomic mass is 10.1. The molecule has 2 aromatic heterocycles. The highest BCUT2D eigenvalue weighted by atomic mass is 16.4. The van der Waals surface area contributed by atoms with E-state index in [1.54, 1.807) is 6.07 Å². The largest absolute Gasteiger partial charge is 0.477 e. The number of carboxylic acid groups (broad SMARTS) is 1. The second kappa shape index (κ2) is 4.34. The Balaban J connectivity index is 2.20. The number of hydrogen-bond donors (Lipinski definition) is 2. The Hall–Kier alpha value is -2.89. The van der Waals surface area contributed by atoms with Crippen molar-refractivity contribution in [2.45, 2.75) is 6.92 Å². The Morgan fingerprint density at radius 1 is 1.25 bits per heavy atom. The van der Waals surface area contributed by atoms with Crippen molar-refractivity contribution in [1.82, 2.24) is 14.6 Å². The standard InChI is InChI=1S/C14H11N3O3/c1-8-2-4-9(5-3-8)10-6-12-15-11(14(19)20)7-13(18)17(12)16-10/h2-7,16H,1H3,(H,19,20). The average molecular weight is 269 g/mol. The van der Waals surface area contributed by atoms with E-state index in [1.807, 2.05) is 31.2 Å². The number of fused-ring (bicyclic) bond motifs is 1. The minimum absolute atomic E-state index is 0.260. The van der Waals surface area contributed by atoms with Crippen LogP contribution in [0.25, 0.3) is 16.9 Å². The van der Waals surface area contributed by atoms with Gasteiger partial charge in [0.1, 0.15) is 0 Å². The number of rotatable bonds is 2. The van der Waals surface area contributed by atoms with Crippen LogP contribution < -0.4 is 5.56 Å². The summed E-state index contributed by atoms with van der Waals surface area (Å²) in [5.41, 5.74) is 2.31. The Morgan fingerprint density at radius 3 is 2.60 bits per heavy atom. The molecule has 20 heavy (non-hydrogen) atoms. The lowest BCUT2D eigenvalue weighted by molar-refractivity contribution is 0.0690. The van der Waals surface area contributed by atoms with E-state index in [9.17, 15) is 9.59 Å². The molecule has 0 atom stereocenters. The van der Waals surface area contributed by atoms with Gasteiger partial charge >= 0.3 is 5.97 Å². The van der Waals surface area contributed by atoms with Crippen LogP contribution in [0.4, 0.5) is 0 Å². The molecule has 3 aromatic rings. The molecule has 3 rings (SSSR count). The summed E-state index contributed by atoms with van der Waals surface area (Å²) in [6.07, 6.45) is 0. The molecule has 0 aliphatic carbocycles. The summed E-state index contributed by atoms with van der Waals surface area (Å²) in [5.74, 6) is -1.22. The van der Waals surface area contributed by atoms with E-state index < -0.39 is 11.5 Å².